The summed E-state index contributed by atoms with van der Waals surface area (Å²) in [6, 6.07) is 31.0. The van der Waals surface area contributed by atoms with Crippen molar-refractivity contribution >= 4 is 33.7 Å². The Bertz CT molecular complexity index is 1660. The Balaban J connectivity index is 1.63. The molecule has 2 heterocycles. The molecular formula is C34H30N2O4. The zero-order valence-electron chi connectivity index (χ0n) is 22.9. The number of ether oxygens (including phenoxy) is 2. The molecule has 6 nitrogen and oxygen atoms in total. The van der Waals surface area contributed by atoms with Crippen LogP contribution in [0.25, 0.3) is 32.7 Å². The minimum absolute atomic E-state index is 0.358. The third-order valence-electron chi connectivity index (χ3n) is 7.59. The van der Waals surface area contributed by atoms with Gasteiger partial charge in [0.1, 0.15) is 11.5 Å². The van der Waals surface area contributed by atoms with Crippen molar-refractivity contribution in [2.75, 3.05) is 0 Å². The first kappa shape index (κ1) is 25.4. The Morgan fingerprint density at radius 1 is 0.500 bits per heavy atom. The van der Waals surface area contributed by atoms with Crippen LogP contribution in [0.1, 0.15) is 38.8 Å². The van der Waals surface area contributed by atoms with Gasteiger partial charge in [-0.05, 0) is 72.5 Å². The van der Waals surface area contributed by atoms with Crippen LogP contribution in [0, 0.1) is 0 Å². The summed E-state index contributed by atoms with van der Waals surface area (Å²) in [6.45, 7) is 7.71. The molecule has 0 aliphatic carbocycles. The number of fused-ring (bicyclic) bond motifs is 10. The molecule has 0 aromatic heterocycles. The number of hydrogen-bond donors (Lipinski definition) is 2. The van der Waals surface area contributed by atoms with E-state index in [9.17, 15) is 9.59 Å². The summed E-state index contributed by atoms with van der Waals surface area (Å²) in [5.74, 6) is 0.716. The van der Waals surface area contributed by atoms with Crippen LogP contribution in [0.3, 0.4) is 0 Å². The lowest BCUT2D eigenvalue weighted by Gasteiger charge is -2.30. The van der Waals surface area contributed by atoms with E-state index in [0.717, 1.165) is 32.7 Å². The minimum atomic E-state index is -0.717. The monoisotopic (exact) mass is 530 g/mol. The highest BCUT2D eigenvalue weighted by atomic mass is 16.6. The van der Waals surface area contributed by atoms with E-state index in [-0.39, 0.29) is 0 Å². The van der Waals surface area contributed by atoms with Crippen molar-refractivity contribution in [3.8, 4) is 22.6 Å². The first-order chi connectivity index (χ1) is 19.1. The molecule has 200 valence electrons. The maximum atomic E-state index is 13.4. The lowest BCUT2D eigenvalue weighted by molar-refractivity contribution is 0.186. The SMILES string of the molecule is CC1(C)NC(=O)Oc2ccc3ccccc3c2-c2c(ccc3ccccc23)OC(=O)NC(C)(C)c2ccc1cc2. The predicted octanol–water partition coefficient (Wildman–Crippen LogP) is 8.02. The highest BCUT2D eigenvalue weighted by molar-refractivity contribution is 6.10. The molecule has 5 aromatic carbocycles. The van der Waals surface area contributed by atoms with Crippen molar-refractivity contribution in [3.63, 3.8) is 0 Å². The molecule has 2 N–H and O–H groups in total. The minimum Gasteiger partial charge on any atom is -0.410 e. The second-order valence-electron chi connectivity index (χ2n) is 11.2. The van der Waals surface area contributed by atoms with Crippen LogP contribution < -0.4 is 20.1 Å². The summed E-state index contributed by atoms with van der Waals surface area (Å²) in [6.07, 6.45) is -1.17. The molecular weight excluding hydrogens is 500 g/mol. The molecule has 0 unspecified atom stereocenters. The normalized spacial score (nSPS) is 16.3. The second-order valence-corrected chi connectivity index (χ2v) is 11.2. The van der Waals surface area contributed by atoms with Crippen LogP contribution in [0.2, 0.25) is 0 Å². The molecule has 2 amide bonds. The number of benzene rings is 5. The first-order valence-corrected chi connectivity index (χ1v) is 13.3. The van der Waals surface area contributed by atoms with Crippen LogP contribution in [0.4, 0.5) is 9.59 Å². The molecule has 2 aliphatic rings. The van der Waals surface area contributed by atoms with E-state index >= 15 is 0 Å². The first-order valence-electron chi connectivity index (χ1n) is 13.3. The topological polar surface area (TPSA) is 76.7 Å². The number of nitrogens with one attached hydrogen (secondary N) is 2. The highest BCUT2D eigenvalue weighted by Crippen LogP contribution is 2.45. The van der Waals surface area contributed by atoms with Gasteiger partial charge in [0, 0.05) is 11.1 Å². The summed E-state index contributed by atoms with van der Waals surface area (Å²) in [5, 5.41) is 9.72. The Morgan fingerprint density at radius 2 is 0.875 bits per heavy atom. The fourth-order valence-electron chi connectivity index (χ4n) is 5.40. The van der Waals surface area contributed by atoms with E-state index in [1.54, 1.807) is 12.1 Å². The zero-order chi connectivity index (χ0) is 28.1. The van der Waals surface area contributed by atoms with Crippen molar-refractivity contribution < 1.29 is 19.1 Å². The molecule has 2 bridgehead atoms. The van der Waals surface area contributed by atoms with Crippen molar-refractivity contribution in [2.45, 2.75) is 38.8 Å². The van der Waals surface area contributed by atoms with Crippen molar-refractivity contribution in [3.05, 3.63) is 108 Å². The number of amides is 2. The Labute approximate surface area is 232 Å². The van der Waals surface area contributed by atoms with Gasteiger partial charge in [0.15, 0.2) is 0 Å². The standard InChI is InChI=1S/C34H30N2O4/c1-33(2)23-15-17-24(18-16-23)34(3,4)36-32(38)40-28-20-14-22-10-6-8-12-26(22)30(28)29-25-11-7-5-9-21(25)13-19-27(29)39-31(37)35-33/h5-20H,1-4H3,(H,35,37)(H,36,38). The van der Waals surface area contributed by atoms with E-state index in [1.165, 1.54) is 0 Å². The number of carbonyl (C=O) groups excluding carboxylic acids is 2. The van der Waals surface area contributed by atoms with Gasteiger partial charge < -0.3 is 20.1 Å². The summed E-state index contributed by atoms with van der Waals surface area (Å²) in [4.78, 5) is 26.8. The molecule has 0 saturated carbocycles. The quantitative estimate of drug-likeness (QED) is 0.213. The van der Waals surface area contributed by atoms with Gasteiger partial charge in [-0.25, -0.2) is 9.59 Å². The van der Waals surface area contributed by atoms with Crippen molar-refractivity contribution in [1.82, 2.24) is 10.6 Å². The molecule has 0 fully saturated rings. The van der Waals surface area contributed by atoms with Crippen LogP contribution >= 0.6 is 0 Å². The average Bonchev–Trinajstić information content (AvgIpc) is 2.92. The van der Waals surface area contributed by atoms with E-state index in [4.69, 9.17) is 9.47 Å². The van der Waals surface area contributed by atoms with Gasteiger partial charge in [0.2, 0.25) is 0 Å². The van der Waals surface area contributed by atoms with E-state index in [1.807, 2.05) is 113 Å². The van der Waals surface area contributed by atoms with Gasteiger partial charge in [-0.15, -0.1) is 0 Å². The van der Waals surface area contributed by atoms with Gasteiger partial charge in [-0.3, -0.25) is 0 Å². The van der Waals surface area contributed by atoms with Gasteiger partial charge in [-0.1, -0.05) is 84.9 Å². The van der Waals surface area contributed by atoms with Gasteiger partial charge in [0.05, 0.1) is 11.1 Å². The molecule has 40 heavy (non-hydrogen) atoms. The van der Waals surface area contributed by atoms with Crippen molar-refractivity contribution in [1.29, 1.82) is 0 Å². The largest absolute Gasteiger partial charge is 0.413 e. The van der Waals surface area contributed by atoms with E-state index in [0.29, 0.717) is 22.6 Å². The van der Waals surface area contributed by atoms with Gasteiger partial charge in [0.25, 0.3) is 0 Å². The number of rotatable bonds is 0. The average molecular weight is 531 g/mol. The lowest BCUT2D eigenvalue weighted by Crippen LogP contribution is -2.44. The number of hydrogen-bond acceptors (Lipinski definition) is 4. The van der Waals surface area contributed by atoms with Crippen LogP contribution in [-0.2, 0) is 11.1 Å². The van der Waals surface area contributed by atoms with Crippen molar-refractivity contribution in [2.24, 2.45) is 0 Å². The molecule has 0 saturated heterocycles. The summed E-state index contributed by atoms with van der Waals surface area (Å²) in [5.41, 5.74) is 1.69. The third kappa shape index (κ3) is 4.51. The van der Waals surface area contributed by atoms with Crippen LogP contribution in [-0.4, -0.2) is 12.2 Å². The third-order valence-corrected chi connectivity index (χ3v) is 7.59. The summed E-state index contributed by atoms with van der Waals surface area (Å²) >= 11 is 0. The molecule has 2 aliphatic heterocycles. The molecule has 0 radical (unpaired) electrons. The molecule has 5 aromatic rings. The predicted molar refractivity (Wildman–Crippen MR) is 158 cm³/mol. The Hall–Kier alpha value is -4.84. The molecule has 7 rings (SSSR count). The van der Waals surface area contributed by atoms with E-state index < -0.39 is 23.3 Å². The van der Waals surface area contributed by atoms with Crippen LogP contribution in [0.15, 0.2) is 97.1 Å². The maximum absolute atomic E-state index is 13.4. The van der Waals surface area contributed by atoms with E-state index in [2.05, 4.69) is 10.6 Å². The molecule has 0 atom stereocenters. The fourth-order valence-corrected chi connectivity index (χ4v) is 5.40. The Kier molecular flexibility index (Phi) is 5.99. The van der Waals surface area contributed by atoms with Gasteiger partial charge >= 0.3 is 12.2 Å². The maximum Gasteiger partial charge on any atom is 0.413 e. The zero-order valence-corrected chi connectivity index (χ0v) is 22.9. The fraction of sp³-hybridized carbons (Fsp3) is 0.176. The highest BCUT2D eigenvalue weighted by Gasteiger charge is 2.29. The Morgan fingerprint density at radius 3 is 1.27 bits per heavy atom. The molecule has 0 spiro atoms. The van der Waals surface area contributed by atoms with Gasteiger partial charge in [-0.2, -0.15) is 0 Å². The summed E-state index contributed by atoms with van der Waals surface area (Å²) < 4.78 is 12.1. The number of carbonyl (C=O) groups is 2. The molecule has 6 heteroatoms. The van der Waals surface area contributed by atoms with Crippen LogP contribution in [0.5, 0.6) is 11.5 Å². The second kappa shape index (κ2) is 9.42. The smallest absolute Gasteiger partial charge is 0.410 e. The summed E-state index contributed by atoms with van der Waals surface area (Å²) in [7, 11) is 0. The lowest BCUT2D eigenvalue weighted by atomic mass is 9.89.